The second kappa shape index (κ2) is 8.44. The van der Waals surface area contributed by atoms with Crippen molar-refractivity contribution in [2.24, 2.45) is 7.05 Å². The van der Waals surface area contributed by atoms with Crippen molar-refractivity contribution < 1.29 is 17.7 Å². The normalized spacial score (nSPS) is 18.2. The first-order chi connectivity index (χ1) is 14.0. The van der Waals surface area contributed by atoms with Crippen molar-refractivity contribution in [3.8, 4) is 0 Å². The van der Waals surface area contributed by atoms with Gasteiger partial charge in [0.15, 0.2) is 10.9 Å². The van der Waals surface area contributed by atoms with E-state index in [1.54, 1.807) is 11.6 Å². The lowest BCUT2D eigenvalue weighted by atomic mass is 10.0. The van der Waals surface area contributed by atoms with Crippen molar-refractivity contribution in [3.63, 3.8) is 0 Å². The molecule has 0 spiro atoms. The van der Waals surface area contributed by atoms with Gasteiger partial charge in [-0.1, -0.05) is 41.9 Å². The molecule has 0 bridgehead atoms. The fraction of sp³-hybridized carbons (Fsp3) is 0.421. The van der Waals surface area contributed by atoms with Gasteiger partial charge in [0.1, 0.15) is 6.61 Å². The van der Waals surface area contributed by atoms with Gasteiger partial charge in [0.05, 0.1) is 19.0 Å². The molecule has 1 atom stereocenters. The van der Waals surface area contributed by atoms with Gasteiger partial charge < -0.3 is 13.8 Å². The van der Waals surface area contributed by atoms with Crippen molar-refractivity contribution in [1.29, 1.82) is 0 Å². The first-order valence-electron chi connectivity index (χ1n) is 9.48. The molecule has 0 amide bonds. The number of benzene rings is 1. The third-order valence-corrected chi connectivity index (χ3v) is 6.62. The minimum Gasteiger partial charge on any atom is -0.367 e. The molecule has 10 heteroatoms. The Balaban J connectivity index is 1.46. The summed E-state index contributed by atoms with van der Waals surface area (Å²) in [6.45, 7) is 1.00. The van der Waals surface area contributed by atoms with Crippen LogP contribution in [0.25, 0.3) is 0 Å². The summed E-state index contributed by atoms with van der Waals surface area (Å²) >= 11 is 0. The third kappa shape index (κ3) is 4.39. The summed E-state index contributed by atoms with van der Waals surface area (Å²) in [6, 6.07) is 9.32. The minimum atomic E-state index is -3.73. The van der Waals surface area contributed by atoms with Crippen molar-refractivity contribution >= 4 is 10.0 Å². The van der Waals surface area contributed by atoms with Gasteiger partial charge in [-0.25, -0.2) is 13.4 Å². The van der Waals surface area contributed by atoms with Crippen molar-refractivity contribution in [1.82, 2.24) is 24.0 Å². The lowest BCUT2D eigenvalue weighted by Gasteiger charge is -2.31. The average molecular weight is 417 g/mol. The van der Waals surface area contributed by atoms with Crippen LogP contribution in [0.2, 0.25) is 0 Å². The summed E-state index contributed by atoms with van der Waals surface area (Å²) in [6.07, 6.45) is 5.29. The third-order valence-electron chi connectivity index (χ3n) is 4.83. The Labute approximate surface area is 169 Å². The number of nitrogens with zero attached hydrogens (tertiary/aromatic N) is 5. The Morgan fingerprint density at radius 3 is 2.79 bits per heavy atom. The number of rotatable bonds is 7. The molecule has 3 heterocycles. The highest BCUT2D eigenvalue weighted by molar-refractivity contribution is 7.89. The summed E-state index contributed by atoms with van der Waals surface area (Å²) in [7, 11) is -2.00. The zero-order valence-corrected chi connectivity index (χ0v) is 17.0. The molecule has 1 aliphatic heterocycles. The zero-order chi connectivity index (χ0) is 20.3. The summed E-state index contributed by atoms with van der Waals surface area (Å²) in [4.78, 5) is 8.41. The molecule has 1 aromatic carbocycles. The highest BCUT2D eigenvalue weighted by atomic mass is 32.2. The SMILES string of the molecule is Cn1cnc(S(=O)(=O)N2CCCCC2c2noc(COCc3ccccc3)n2)c1. The van der Waals surface area contributed by atoms with Crippen LogP contribution >= 0.6 is 0 Å². The largest absolute Gasteiger partial charge is 0.367 e. The molecule has 0 aliphatic carbocycles. The van der Waals surface area contributed by atoms with Crippen LogP contribution in [0.1, 0.15) is 42.6 Å². The van der Waals surface area contributed by atoms with E-state index in [-0.39, 0.29) is 11.6 Å². The number of sulfonamides is 1. The lowest BCUT2D eigenvalue weighted by molar-refractivity contribution is 0.0850. The van der Waals surface area contributed by atoms with Crippen molar-refractivity contribution in [2.45, 2.75) is 43.5 Å². The number of imidazole rings is 1. The predicted molar refractivity (Wildman–Crippen MR) is 103 cm³/mol. The van der Waals surface area contributed by atoms with Crippen LogP contribution in [0.4, 0.5) is 0 Å². The molecule has 1 unspecified atom stereocenters. The van der Waals surface area contributed by atoms with E-state index in [2.05, 4.69) is 15.1 Å². The van der Waals surface area contributed by atoms with E-state index in [0.717, 1.165) is 18.4 Å². The van der Waals surface area contributed by atoms with Gasteiger partial charge >= 0.3 is 0 Å². The Hall–Kier alpha value is -2.56. The molecule has 29 heavy (non-hydrogen) atoms. The Kier molecular flexibility index (Phi) is 5.74. The highest BCUT2D eigenvalue weighted by Crippen LogP contribution is 2.33. The lowest BCUT2D eigenvalue weighted by Crippen LogP contribution is -2.39. The van der Waals surface area contributed by atoms with Gasteiger partial charge in [-0.3, -0.25) is 0 Å². The molecule has 3 aromatic rings. The topological polar surface area (TPSA) is 103 Å². The number of hydrogen-bond acceptors (Lipinski definition) is 7. The van der Waals surface area contributed by atoms with Crippen LogP contribution in [0.5, 0.6) is 0 Å². The maximum Gasteiger partial charge on any atom is 0.262 e. The number of ether oxygens (including phenoxy) is 1. The quantitative estimate of drug-likeness (QED) is 0.581. The molecule has 0 N–H and O–H groups in total. The minimum absolute atomic E-state index is 0.0295. The molecule has 4 rings (SSSR count). The van der Waals surface area contributed by atoms with E-state index in [0.29, 0.717) is 31.3 Å². The molecule has 1 fully saturated rings. The summed E-state index contributed by atoms with van der Waals surface area (Å²) in [5.74, 6) is 0.694. The molecule has 154 valence electrons. The van der Waals surface area contributed by atoms with Crippen LogP contribution in [0.15, 0.2) is 52.4 Å². The Bertz CT molecular complexity index is 1050. The molecule has 9 nitrogen and oxygen atoms in total. The zero-order valence-electron chi connectivity index (χ0n) is 16.1. The fourth-order valence-electron chi connectivity index (χ4n) is 3.39. The number of piperidine rings is 1. The van der Waals surface area contributed by atoms with Crippen LogP contribution < -0.4 is 0 Å². The van der Waals surface area contributed by atoms with E-state index < -0.39 is 16.1 Å². The number of aryl methyl sites for hydroxylation is 1. The first-order valence-corrected chi connectivity index (χ1v) is 10.9. The Morgan fingerprint density at radius 1 is 1.21 bits per heavy atom. The van der Waals surface area contributed by atoms with Crippen LogP contribution in [0, 0.1) is 0 Å². The standard InChI is InChI=1S/C19H23N5O4S/c1-23-11-18(20-14-23)29(25,26)24-10-6-5-9-16(24)19-21-17(28-22-19)13-27-12-15-7-3-2-4-8-15/h2-4,7-8,11,14,16H,5-6,9-10,12-13H2,1H3. The first kappa shape index (κ1) is 19.7. The smallest absolute Gasteiger partial charge is 0.262 e. The molecular formula is C19H23N5O4S. The van der Waals surface area contributed by atoms with E-state index in [9.17, 15) is 8.42 Å². The van der Waals surface area contributed by atoms with Gasteiger partial charge in [-0.2, -0.15) is 9.29 Å². The fourth-order valence-corrected chi connectivity index (χ4v) is 5.01. The van der Waals surface area contributed by atoms with Gasteiger partial charge in [0, 0.05) is 19.8 Å². The molecule has 2 aromatic heterocycles. The van der Waals surface area contributed by atoms with E-state index in [1.807, 2.05) is 30.3 Å². The maximum absolute atomic E-state index is 13.1. The summed E-state index contributed by atoms with van der Waals surface area (Å²) < 4.78 is 40.1. The summed E-state index contributed by atoms with van der Waals surface area (Å²) in [5.41, 5.74) is 1.05. The molecular weight excluding hydrogens is 394 g/mol. The second-order valence-corrected chi connectivity index (χ2v) is 8.87. The number of aromatic nitrogens is 4. The average Bonchev–Trinajstić information content (AvgIpc) is 3.38. The van der Waals surface area contributed by atoms with E-state index >= 15 is 0 Å². The Morgan fingerprint density at radius 2 is 2.03 bits per heavy atom. The van der Waals surface area contributed by atoms with E-state index in [4.69, 9.17) is 9.26 Å². The molecule has 0 radical (unpaired) electrons. The van der Waals surface area contributed by atoms with Crippen LogP contribution in [-0.4, -0.2) is 39.0 Å². The second-order valence-electron chi connectivity index (χ2n) is 7.03. The molecule has 1 saturated heterocycles. The van der Waals surface area contributed by atoms with Crippen molar-refractivity contribution in [3.05, 3.63) is 60.1 Å². The van der Waals surface area contributed by atoms with Crippen LogP contribution in [0.3, 0.4) is 0 Å². The maximum atomic E-state index is 13.1. The van der Waals surface area contributed by atoms with Gasteiger partial charge in [-0.05, 0) is 18.4 Å². The van der Waals surface area contributed by atoms with Gasteiger partial charge in [0.2, 0.25) is 0 Å². The highest BCUT2D eigenvalue weighted by Gasteiger charge is 2.38. The van der Waals surface area contributed by atoms with Gasteiger partial charge in [0.25, 0.3) is 15.9 Å². The molecule has 0 saturated carbocycles. The molecule has 1 aliphatic rings. The van der Waals surface area contributed by atoms with E-state index in [1.165, 1.54) is 16.8 Å². The van der Waals surface area contributed by atoms with Crippen LogP contribution in [-0.2, 0) is 35.0 Å². The number of hydrogen-bond donors (Lipinski definition) is 0. The predicted octanol–water partition coefficient (Wildman–Crippen LogP) is 2.44. The monoisotopic (exact) mass is 417 g/mol. The van der Waals surface area contributed by atoms with Gasteiger partial charge in [-0.15, -0.1) is 0 Å². The van der Waals surface area contributed by atoms with Crippen molar-refractivity contribution in [2.75, 3.05) is 6.54 Å². The summed E-state index contributed by atoms with van der Waals surface area (Å²) in [5, 5.41) is 4.06.